The zero-order valence-electron chi connectivity index (χ0n) is 8.47. The second kappa shape index (κ2) is 3.92. The molecule has 5 heteroatoms. The lowest BCUT2D eigenvalue weighted by molar-refractivity contribution is 0.558. The van der Waals surface area contributed by atoms with Crippen molar-refractivity contribution in [1.82, 2.24) is 10.9 Å². The minimum Gasteiger partial charge on any atom is -0.256 e. The predicted octanol–water partition coefficient (Wildman–Crippen LogP) is 0.249. The van der Waals surface area contributed by atoms with Crippen LogP contribution in [-0.2, 0) is 9.84 Å². The van der Waals surface area contributed by atoms with Crippen LogP contribution in [0, 0.1) is 0 Å². The first-order valence-electron chi connectivity index (χ1n) is 4.81. The molecule has 0 amide bonds. The van der Waals surface area contributed by atoms with Gasteiger partial charge in [0.05, 0.1) is 0 Å². The third-order valence-corrected chi connectivity index (χ3v) is 3.99. The number of nitrogens with one attached hydrogen (secondary N) is 2. The highest BCUT2D eigenvalue weighted by Gasteiger charge is 2.35. The smallest absolute Gasteiger partial charge is 0.165 e. The van der Waals surface area contributed by atoms with Gasteiger partial charge in [-0.25, -0.2) is 13.8 Å². The molecule has 2 unspecified atom stereocenters. The van der Waals surface area contributed by atoms with E-state index in [1.807, 2.05) is 30.3 Å². The monoisotopic (exact) mass is 226 g/mol. The van der Waals surface area contributed by atoms with Crippen molar-refractivity contribution in [3.8, 4) is 0 Å². The van der Waals surface area contributed by atoms with Crippen LogP contribution < -0.4 is 10.9 Å². The lowest BCUT2D eigenvalue weighted by Crippen LogP contribution is -2.37. The second-order valence-corrected chi connectivity index (χ2v) is 5.96. The number of rotatable bonds is 2. The molecular formula is C10H14N2O2S. The molecule has 1 aromatic carbocycles. The highest BCUT2D eigenvalue weighted by molar-refractivity contribution is 7.91. The number of sulfone groups is 1. The summed E-state index contributed by atoms with van der Waals surface area (Å²) < 4.78 is 23.0. The molecule has 0 aliphatic carbocycles. The minimum atomic E-state index is -3.07. The van der Waals surface area contributed by atoms with Crippen LogP contribution in [0.25, 0.3) is 0 Å². The van der Waals surface area contributed by atoms with Crippen LogP contribution in [0.4, 0.5) is 0 Å². The highest BCUT2D eigenvalue weighted by atomic mass is 32.2. The van der Waals surface area contributed by atoms with E-state index in [1.54, 1.807) is 0 Å². The van der Waals surface area contributed by atoms with E-state index in [9.17, 15) is 8.42 Å². The Labute approximate surface area is 89.6 Å². The van der Waals surface area contributed by atoms with Gasteiger partial charge < -0.3 is 0 Å². The molecule has 1 aliphatic heterocycles. The Morgan fingerprint density at radius 3 is 2.53 bits per heavy atom. The van der Waals surface area contributed by atoms with E-state index in [4.69, 9.17) is 0 Å². The zero-order chi connectivity index (χ0) is 10.9. The van der Waals surface area contributed by atoms with E-state index in [1.165, 1.54) is 6.26 Å². The van der Waals surface area contributed by atoms with Crippen LogP contribution in [0.1, 0.15) is 11.5 Å². The van der Waals surface area contributed by atoms with Crippen molar-refractivity contribution in [2.75, 3.05) is 12.8 Å². The van der Waals surface area contributed by atoms with Gasteiger partial charge in [0.2, 0.25) is 0 Å². The lowest BCUT2D eigenvalue weighted by atomic mass is 10.0. The predicted molar refractivity (Wildman–Crippen MR) is 59.0 cm³/mol. The van der Waals surface area contributed by atoms with Crippen molar-refractivity contribution in [2.45, 2.75) is 11.3 Å². The second-order valence-electron chi connectivity index (χ2n) is 3.79. The molecule has 0 radical (unpaired) electrons. The van der Waals surface area contributed by atoms with Gasteiger partial charge in [0.15, 0.2) is 9.84 Å². The Bertz CT molecular complexity index is 430. The summed E-state index contributed by atoms with van der Waals surface area (Å²) in [7, 11) is -3.07. The topological polar surface area (TPSA) is 58.2 Å². The van der Waals surface area contributed by atoms with Gasteiger partial charge >= 0.3 is 0 Å². The fraction of sp³-hybridized carbons (Fsp3) is 0.400. The maximum atomic E-state index is 11.5. The summed E-state index contributed by atoms with van der Waals surface area (Å²) in [5, 5.41) is -0.528. The summed E-state index contributed by atoms with van der Waals surface area (Å²) in [5.74, 6) is -0.0128. The Morgan fingerprint density at radius 2 is 1.93 bits per heavy atom. The summed E-state index contributed by atoms with van der Waals surface area (Å²) in [5.41, 5.74) is 6.75. The van der Waals surface area contributed by atoms with Gasteiger partial charge in [0.25, 0.3) is 0 Å². The van der Waals surface area contributed by atoms with Crippen LogP contribution in [0.2, 0.25) is 0 Å². The Kier molecular flexibility index (Phi) is 2.77. The third-order valence-electron chi connectivity index (χ3n) is 2.62. The van der Waals surface area contributed by atoms with Gasteiger partial charge in [-0.3, -0.25) is 5.43 Å². The maximum absolute atomic E-state index is 11.5. The Hall–Kier alpha value is -0.910. The average molecular weight is 226 g/mol. The van der Waals surface area contributed by atoms with Gasteiger partial charge in [-0.05, 0) is 5.56 Å². The van der Waals surface area contributed by atoms with Crippen LogP contribution >= 0.6 is 0 Å². The molecular weight excluding hydrogens is 212 g/mol. The van der Waals surface area contributed by atoms with Gasteiger partial charge in [-0.2, -0.15) is 0 Å². The number of hydrazine groups is 1. The molecule has 1 aromatic rings. The standard InChI is InChI=1S/C10H14N2O2S/c1-15(13,14)10-9(7-11-12-10)8-5-3-2-4-6-8/h2-6,9-12H,7H2,1H3. The Balaban J connectivity index is 2.30. The van der Waals surface area contributed by atoms with Crippen molar-refractivity contribution in [2.24, 2.45) is 0 Å². The summed E-state index contributed by atoms with van der Waals surface area (Å²) in [4.78, 5) is 0. The molecule has 2 N–H and O–H groups in total. The van der Waals surface area contributed by atoms with E-state index >= 15 is 0 Å². The SMILES string of the molecule is CS(=O)(=O)C1NNCC1c1ccccc1. The molecule has 0 bridgehead atoms. The summed E-state index contributed by atoms with van der Waals surface area (Å²) >= 11 is 0. The Morgan fingerprint density at radius 1 is 1.27 bits per heavy atom. The molecule has 1 fully saturated rings. The highest BCUT2D eigenvalue weighted by Crippen LogP contribution is 2.24. The van der Waals surface area contributed by atoms with Gasteiger partial charge in [0.1, 0.15) is 5.37 Å². The lowest BCUT2D eigenvalue weighted by Gasteiger charge is -2.16. The van der Waals surface area contributed by atoms with Gasteiger partial charge in [-0.1, -0.05) is 30.3 Å². The van der Waals surface area contributed by atoms with E-state index < -0.39 is 15.2 Å². The van der Waals surface area contributed by atoms with E-state index in [-0.39, 0.29) is 5.92 Å². The number of hydrogen-bond donors (Lipinski definition) is 2. The molecule has 4 nitrogen and oxygen atoms in total. The molecule has 1 saturated heterocycles. The van der Waals surface area contributed by atoms with Crippen LogP contribution in [-0.4, -0.2) is 26.6 Å². The van der Waals surface area contributed by atoms with Crippen LogP contribution in [0.15, 0.2) is 30.3 Å². The fourth-order valence-corrected chi connectivity index (χ4v) is 3.02. The van der Waals surface area contributed by atoms with Crippen molar-refractivity contribution >= 4 is 9.84 Å². The third kappa shape index (κ3) is 2.19. The number of hydrogen-bond acceptors (Lipinski definition) is 4. The summed E-state index contributed by atoms with van der Waals surface area (Å²) in [6, 6.07) is 9.68. The summed E-state index contributed by atoms with van der Waals surface area (Å²) in [6.45, 7) is 0.641. The number of benzene rings is 1. The van der Waals surface area contributed by atoms with E-state index in [0.29, 0.717) is 6.54 Å². The van der Waals surface area contributed by atoms with Gasteiger partial charge in [0, 0.05) is 18.7 Å². The van der Waals surface area contributed by atoms with E-state index in [2.05, 4.69) is 10.9 Å². The molecule has 2 rings (SSSR count). The quantitative estimate of drug-likeness (QED) is 0.759. The van der Waals surface area contributed by atoms with Crippen molar-refractivity contribution in [3.05, 3.63) is 35.9 Å². The van der Waals surface area contributed by atoms with Crippen molar-refractivity contribution < 1.29 is 8.42 Å². The largest absolute Gasteiger partial charge is 0.256 e. The summed E-state index contributed by atoms with van der Waals surface area (Å²) in [6.07, 6.45) is 1.26. The zero-order valence-corrected chi connectivity index (χ0v) is 9.29. The molecule has 15 heavy (non-hydrogen) atoms. The molecule has 1 heterocycles. The first kappa shape index (κ1) is 10.6. The molecule has 0 spiro atoms. The average Bonchev–Trinajstić information content (AvgIpc) is 2.67. The van der Waals surface area contributed by atoms with Crippen LogP contribution in [0.5, 0.6) is 0 Å². The normalized spacial score (nSPS) is 26.7. The molecule has 0 aromatic heterocycles. The van der Waals surface area contributed by atoms with E-state index in [0.717, 1.165) is 5.56 Å². The first-order valence-corrected chi connectivity index (χ1v) is 6.77. The maximum Gasteiger partial charge on any atom is 0.165 e. The first-order chi connectivity index (χ1) is 7.09. The molecule has 82 valence electrons. The fourth-order valence-electron chi connectivity index (χ4n) is 1.88. The van der Waals surface area contributed by atoms with Gasteiger partial charge in [-0.15, -0.1) is 0 Å². The molecule has 2 atom stereocenters. The van der Waals surface area contributed by atoms with Crippen molar-refractivity contribution in [1.29, 1.82) is 0 Å². The molecule has 0 saturated carbocycles. The van der Waals surface area contributed by atoms with Crippen LogP contribution in [0.3, 0.4) is 0 Å². The molecule has 1 aliphatic rings. The minimum absolute atomic E-state index is 0.0128. The van der Waals surface area contributed by atoms with Crippen molar-refractivity contribution in [3.63, 3.8) is 0 Å².